The molecule has 1 aliphatic rings. The average Bonchev–Trinajstić information content (AvgIpc) is 2.98. The minimum absolute atomic E-state index is 0.502. The Labute approximate surface area is 96.9 Å². The largest absolute Gasteiger partial charge is 0.375 e. The Morgan fingerprint density at radius 1 is 1.31 bits per heavy atom. The van der Waals surface area contributed by atoms with E-state index < -0.39 is 0 Å². The van der Waals surface area contributed by atoms with Crippen LogP contribution >= 0.6 is 11.3 Å². The van der Waals surface area contributed by atoms with Gasteiger partial charge in [0, 0.05) is 5.92 Å². The average molecular weight is 230 g/mol. The highest BCUT2D eigenvalue weighted by atomic mass is 32.1. The first-order valence-corrected chi connectivity index (χ1v) is 5.96. The number of aromatic nitrogens is 3. The first-order chi connectivity index (χ1) is 7.72. The molecule has 3 rings (SSSR count). The van der Waals surface area contributed by atoms with Crippen molar-refractivity contribution in [3.8, 4) is 11.8 Å². The van der Waals surface area contributed by atoms with Crippen LogP contribution in [0.3, 0.4) is 0 Å². The molecule has 0 amide bonds. The van der Waals surface area contributed by atoms with Crippen LogP contribution in [-0.4, -0.2) is 15.0 Å². The number of fused-ring (bicyclic) bond motifs is 1. The van der Waals surface area contributed by atoms with E-state index in [0.29, 0.717) is 16.7 Å². The number of nitrogens with two attached hydrogens (primary N) is 1. The van der Waals surface area contributed by atoms with E-state index in [-0.39, 0.29) is 0 Å². The maximum atomic E-state index is 5.61. The van der Waals surface area contributed by atoms with E-state index in [4.69, 9.17) is 5.73 Å². The summed E-state index contributed by atoms with van der Waals surface area (Å²) in [5.74, 6) is 6.85. The van der Waals surface area contributed by atoms with Crippen molar-refractivity contribution in [2.75, 3.05) is 5.73 Å². The van der Waals surface area contributed by atoms with Gasteiger partial charge in [0.2, 0.25) is 0 Å². The number of aryl methyl sites for hydroxylation is 1. The summed E-state index contributed by atoms with van der Waals surface area (Å²) in [5, 5.41) is 0.502. The standard InChI is InChI=1S/C11H10N4S/c1-6-8(5-4-7-2-3-7)14-10-9(13-6)15-11(12)16-10/h7H,2-3H2,1H3,(H2,12,13,15). The number of nitrogen functional groups attached to an aromatic ring is 1. The van der Waals surface area contributed by atoms with Crippen molar-refractivity contribution >= 4 is 26.9 Å². The third kappa shape index (κ3) is 1.72. The molecule has 16 heavy (non-hydrogen) atoms. The number of thiazole rings is 1. The molecule has 4 nitrogen and oxygen atoms in total. The van der Waals surface area contributed by atoms with E-state index in [1.165, 1.54) is 24.2 Å². The molecule has 2 N–H and O–H groups in total. The van der Waals surface area contributed by atoms with Crippen LogP contribution in [-0.2, 0) is 0 Å². The first kappa shape index (κ1) is 9.55. The molecule has 1 saturated carbocycles. The van der Waals surface area contributed by atoms with Crippen molar-refractivity contribution in [3.63, 3.8) is 0 Å². The minimum atomic E-state index is 0.502. The summed E-state index contributed by atoms with van der Waals surface area (Å²) in [4.78, 5) is 13.6. The maximum absolute atomic E-state index is 5.61. The zero-order valence-electron chi connectivity index (χ0n) is 8.82. The van der Waals surface area contributed by atoms with Gasteiger partial charge in [-0.3, -0.25) is 0 Å². The third-order valence-electron chi connectivity index (χ3n) is 2.41. The summed E-state index contributed by atoms with van der Waals surface area (Å²) in [6.45, 7) is 1.90. The van der Waals surface area contributed by atoms with Crippen LogP contribution in [0.4, 0.5) is 5.13 Å². The van der Waals surface area contributed by atoms with Crippen molar-refractivity contribution in [3.05, 3.63) is 11.4 Å². The fourth-order valence-corrected chi connectivity index (χ4v) is 2.03. The van der Waals surface area contributed by atoms with Crippen LogP contribution in [0.1, 0.15) is 24.2 Å². The number of nitrogens with zero attached hydrogens (tertiary/aromatic N) is 3. The Hall–Kier alpha value is -1.67. The molecule has 2 aromatic rings. The summed E-state index contributed by atoms with van der Waals surface area (Å²) in [7, 11) is 0. The quantitative estimate of drug-likeness (QED) is 0.700. The van der Waals surface area contributed by atoms with E-state index in [0.717, 1.165) is 16.2 Å². The van der Waals surface area contributed by atoms with Gasteiger partial charge < -0.3 is 5.73 Å². The Balaban J connectivity index is 2.10. The molecule has 1 aliphatic carbocycles. The molecule has 0 atom stereocenters. The van der Waals surface area contributed by atoms with Crippen LogP contribution < -0.4 is 5.73 Å². The fraction of sp³-hybridized carbons (Fsp3) is 0.364. The van der Waals surface area contributed by atoms with E-state index in [1.54, 1.807) is 0 Å². The Kier molecular flexibility index (Phi) is 2.04. The second-order valence-electron chi connectivity index (χ2n) is 3.88. The highest BCUT2D eigenvalue weighted by Crippen LogP contribution is 2.27. The smallest absolute Gasteiger partial charge is 0.191 e. The highest BCUT2D eigenvalue weighted by molar-refractivity contribution is 7.21. The lowest BCUT2D eigenvalue weighted by molar-refractivity contribution is 1.14. The van der Waals surface area contributed by atoms with Gasteiger partial charge in [-0.1, -0.05) is 17.3 Å². The van der Waals surface area contributed by atoms with Gasteiger partial charge >= 0.3 is 0 Å². The van der Waals surface area contributed by atoms with E-state index in [2.05, 4.69) is 26.8 Å². The zero-order chi connectivity index (χ0) is 11.1. The monoisotopic (exact) mass is 230 g/mol. The molecule has 0 aromatic carbocycles. The predicted molar refractivity (Wildman–Crippen MR) is 64.0 cm³/mol. The first-order valence-electron chi connectivity index (χ1n) is 5.14. The molecule has 0 bridgehead atoms. The lowest BCUT2D eigenvalue weighted by Gasteiger charge is -1.94. The molecule has 2 heterocycles. The molecule has 0 spiro atoms. The number of rotatable bonds is 0. The van der Waals surface area contributed by atoms with Gasteiger partial charge in [-0.05, 0) is 25.7 Å². The normalized spacial score (nSPS) is 14.8. The summed E-state index contributed by atoms with van der Waals surface area (Å²) in [5.41, 5.74) is 7.81. The molecule has 80 valence electrons. The fourth-order valence-electron chi connectivity index (χ4n) is 1.38. The van der Waals surface area contributed by atoms with E-state index in [1.807, 2.05) is 6.92 Å². The van der Waals surface area contributed by atoms with Gasteiger partial charge in [-0.25, -0.2) is 9.97 Å². The van der Waals surface area contributed by atoms with Gasteiger partial charge in [0.1, 0.15) is 5.69 Å². The molecule has 0 saturated heterocycles. The van der Waals surface area contributed by atoms with Gasteiger partial charge in [0.05, 0.1) is 5.69 Å². The molecular formula is C11H10N4S. The van der Waals surface area contributed by atoms with Crippen molar-refractivity contribution in [2.45, 2.75) is 19.8 Å². The third-order valence-corrected chi connectivity index (χ3v) is 3.18. The summed E-state index contributed by atoms with van der Waals surface area (Å²) in [6.07, 6.45) is 2.43. The lowest BCUT2D eigenvalue weighted by Crippen LogP contribution is -1.93. The Morgan fingerprint density at radius 3 is 2.88 bits per heavy atom. The Morgan fingerprint density at radius 2 is 2.12 bits per heavy atom. The van der Waals surface area contributed by atoms with Gasteiger partial charge in [-0.2, -0.15) is 4.98 Å². The van der Waals surface area contributed by atoms with Crippen molar-refractivity contribution in [2.24, 2.45) is 5.92 Å². The van der Waals surface area contributed by atoms with Crippen LogP contribution in [0, 0.1) is 24.7 Å². The van der Waals surface area contributed by atoms with Crippen LogP contribution in [0.2, 0.25) is 0 Å². The van der Waals surface area contributed by atoms with Gasteiger partial charge in [0.25, 0.3) is 0 Å². The van der Waals surface area contributed by atoms with Crippen LogP contribution in [0.5, 0.6) is 0 Å². The van der Waals surface area contributed by atoms with E-state index >= 15 is 0 Å². The number of anilines is 1. The van der Waals surface area contributed by atoms with E-state index in [9.17, 15) is 0 Å². The summed E-state index contributed by atoms with van der Waals surface area (Å²) in [6, 6.07) is 0. The molecule has 2 aromatic heterocycles. The number of hydrogen-bond donors (Lipinski definition) is 1. The zero-order valence-corrected chi connectivity index (χ0v) is 9.64. The topological polar surface area (TPSA) is 64.7 Å². The molecule has 0 aliphatic heterocycles. The van der Waals surface area contributed by atoms with Gasteiger partial charge in [0.15, 0.2) is 15.6 Å². The highest BCUT2D eigenvalue weighted by Gasteiger charge is 2.18. The summed E-state index contributed by atoms with van der Waals surface area (Å²) >= 11 is 1.35. The second-order valence-corrected chi connectivity index (χ2v) is 4.89. The van der Waals surface area contributed by atoms with Crippen molar-refractivity contribution < 1.29 is 0 Å². The molecule has 0 radical (unpaired) electrons. The van der Waals surface area contributed by atoms with Crippen LogP contribution in [0.15, 0.2) is 0 Å². The maximum Gasteiger partial charge on any atom is 0.191 e. The van der Waals surface area contributed by atoms with Gasteiger partial charge in [-0.15, -0.1) is 0 Å². The molecule has 0 unspecified atom stereocenters. The lowest BCUT2D eigenvalue weighted by atomic mass is 10.3. The Bertz CT molecular complexity index is 616. The van der Waals surface area contributed by atoms with Crippen molar-refractivity contribution in [1.29, 1.82) is 0 Å². The minimum Gasteiger partial charge on any atom is -0.375 e. The molecular weight excluding hydrogens is 220 g/mol. The second kappa shape index (κ2) is 3.42. The van der Waals surface area contributed by atoms with Crippen LogP contribution in [0.25, 0.3) is 10.5 Å². The predicted octanol–water partition coefficient (Wildman–Crippen LogP) is 1.74. The summed E-state index contributed by atoms with van der Waals surface area (Å²) < 4.78 is 0. The molecule has 1 fully saturated rings. The molecule has 5 heteroatoms. The SMILES string of the molecule is Cc1nc2nc(N)sc2nc1C#CC1CC1. The van der Waals surface area contributed by atoms with Crippen molar-refractivity contribution in [1.82, 2.24) is 15.0 Å². The number of hydrogen-bond acceptors (Lipinski definition) is 5.